The fraction of sp³-hybridized carbons (Fsp3) is 0.348. The molecule has 1 fully saturated rings. The second-order valence-electron chi connectivity index (χ2n) is 7.40. The van der Waals surface area contributed by atoms with Crippen LogP contribution in [0.5, 0.6) is 5.75 Å². The van der Waals surface area contributed by atoms with Crippen LogP contribution in [0.1, 0.15) is 26.3 Å². The van der Waals surface area contributed by atoms with Crippen molar-refractivity contribution in [3.63, 3.8) is 0 Å². The lowest BCUT2D eigenvalue weighted by molar-refractivity contribution is -0.126. The normalized spacial score (nSPS) is 18.7. The Labute approximate surface area is 182 Å². The number of urea groups is 1. The molecule has 1 aromatic rings. The summed E-state index contributed by atoms with van der Waals surface area (Å²) in [4.78, 5) is 37.9. The molecule has 0 aliphatic carbocycles. The van der Waals surface area contributed by atoms with E-state index in [1.165, 1.54) is 4.90 Å². The molecule has 8 nitrogen and oxygen atoms in total. The molecule has 1 saturated heterocycles. The van der Waals surface area contributed by atoms with Crippen molar-refractivity contribution in [1.82, 2.24) is 15.5 Å². The Bertz CT molecular complexity index is 889. The summed E-state index contributed by atoms with van der Waals surface area (Å²) in [5.41, 5.74) is -0.251. The van der Waals surface area contributed by atoms with E-state index in [0.29, 0.717) is 29.1 Å². The molecule has 2 rings (SSSR count). The summed E-state index contributed by atoms with van der Waals surface area (Å²) >= 11 is 0. The summed E-state index contributed by atoms with van der Waals surface area (Å²) < 4.78 is 10.8. The second kappa shape index (κ2) is 10.5. The van der Waals surface area contributed by atoms with Crippen molar-refractivity contribution in [2.24, 2.45) is 0 Å². The number of hydrogen-bond donors (Lipinski definition) is 2. The number of methoxy groups -OCH3 is 1. The molecule has 0 bridgehead atoms. The van der Waals surface area contributed by atoms with Gasteiger partial charge in [-0.05, 0) is 56.2 Å². The molecule has 1 heterocycles. The molecule has 1 aliphatic rings. The molecular formula is C23H29N3O5. The van der Waals surface area contributed by atoms with Gasteiger partial charge < -0.3 is 19.7 Å². The fourth-order valence-corrected chi connectivity index (χ4v) is 3.22. The highest BCUT2D eigenvalue weighted by molar-refractivity contribution is 6.07. The van der Waals surface area contributed by atoms with Gasteiger partial charge in [0.1, 0.15) is 11.5 Å². The highest BCUT2D eigenvalue weighted by atomic mass is 16.5. The number of carbonyl (C=O) groups is 3. The minimum atomic E-state index is -1.42. The molecule has 2 N–H and O–H groups in total. The summed E-state index contributed by atoms with van der Waals surface area (Å²) in [7, 11) is 1.56. The summed E-state index contributed by atoms with van der Waals surface area (Å²) in [6.07, 6.45) is 5.88. The highest BCUT2D eigenvalue weighted by Crippen LogP contribution is 2.28. The maximum absolute atomic E-state index is 12.8. The number of rotatable bonds is 11. The Balaban J connectivity index is 2.25. The average Bonchev–Trinajstić information content (AvgIpc) is 3.02. The van der Waals surface area contributed by atoms with Crippen LogP contribution in [-0.2, 0) is 19.9 Å². The summed E-state index contributed by atoms with van der Waals surface area (Å²) in [5.74, 6) is 0.766. The highest BCUT2D eigenvalue weighted by Gasteiger charge is 2.48. The maximum Gasteiger partial charge on any atom is 0.322 e. The van der Waals surface area contributed by atoms with Crippen LogP contribution in [0.3, 0.4) is 0 Å². The third-order valence-electron chi connectivity index (χ3n) is 4.66. The third kappa shape index (κ3) is 5.97. The number of carbonyl (C=O) groups excluding carboxylic acids is 3. The van der Waals surface area contributed by atoms with Gasteiger partial charge in [0, 0.05) is 6.54 Å². The van der Waals surface area contributed by atoms with E-state index in [-0.39, 0.29) is 19.2 Å². The van der Waals surface area contributed by atoms with Crippen LogP contribution >= 0.6 is 0 Å². The zero-order valence-corrected chi connectivity index (χ0v) is 18.3. The van der Waals surface area contributed by atoms with E-state index in [1.807, 2.05) is 20.8 Å². The molecule has 0 spiro atoms. The van der Waals surface area contributed by atoms with Crippen molar-refractivity contribution >= 4 is 18.3 Å². The van der Waals surface area contributed by atoms with Gasteiger partial charge in [-0.15, -0.1) is 0 Å². The zero-order valence-electron chi connectivity index (χ0n) is 18.3. The van der Waals surface area contributed by atoms with E-state index >= 15 is 0 Å². The Morgan fingerprint density at radius 1 is 1.23 bits per heavy atom. The van der Waals surface area contributed by atoms with Crippen LogP contribution in [0.25, 0.3) is 0 Å². The van der Waals surface area contributed by atoms with Gasteiger partial charge in [-0.3, -0.25) is 14.9 Å². The quantitative estimate of drug-likeness (QED) is 0.245. The van der Waals surface area contributed by atoms with Crippen molar-refractivity contribution in [2.45, 2.75) is 32.4 Å². The maximum atomic E-state index is 12.8. The lowest BCUT2D eigenvalue weighted by Gasteiger charge is -2.31. The van der Waals surface area contributed by atoms with Crippen LogP contribution in [0.2, 0.25) is 0 Å². The number of amides is 4. The van der Waals surface area contributed by atoms with Crippen LogP contribution in [0.4, 0.5) is 4.79 Å². The number of nitrogens with zero attached hydrogens (tertiary/aromatic N) is 1. The number of ether oxygens (including phenoxy) is 2. The summed E-state index contributed by atoms with van der Waals surface area (Å²) in [6.45, 7) is 9.72. The van der Waals surface area contributed by atoms with Gasteiger partial charge in [0.05, 0.1) is 19.8 Å². The van der Waals surface area contributed by atoms with Gasteiger partial charge in [0.15, 0.2) is 5.54 Å². The van der Waals surface area contributed by atoms with Gasteiger partial charge in [-0.2, -0.15) is 0 Å². The first-order valence-electron chi connectivity index (χ1n) is 9.90. The number of hydrogen-bond acceptors (Lipinski definition) is 5. The number of allylic oxidation sites excluding steroid dienone is 2. The molecule has 1 aliphatic heterocycles. The first-order chi connectivity index (χ1) is 14.7. The second-order valence-corrected chi connectivity index (χ2v) is 7.40. The molecule has 8 heteroatoms. The van der Waals surface area contributed by atoms with Gasteiger partial charge in [0.25, 0.3) is 5.91 Å². The van der Waals surface area contributed by atoms with Crippen molar-refractivity contribution in [2.75, 3.05) is 20.2 Å². The van der Waals surface area contributed by atoms with E-state index in [0.717, 1.165) is 0 Å². The molecule has 1 aromatic carbocycles. The van der Waals surface area contributed by atoms with Crippen molar-refractivity contribution in [3.8, 4) is 5.75 Å². The van der Waals surface area contributed by atoms with Gasteiger partial charge in [-0.25, -0.2) is 4.79 Å². The average molecular weight is 428 g/mol. The van der Waals surface area contributed by atoms with E-state index in [1.54, 1.807) is 49.6 Å². The van der Waals surface area contributed by atoms with E-state index < -0.39 is 17.5 Å². The lowest BCUT2D eigenvalue weighted by Crippen LogP contribution is -2.52. The zero-order chi connectivity index (χ0) is 23.0. The summed E-state index contributed by atoms with van der Waals surface area (Å²) in [5, 5.41) is 4.95. The smallest absolute Gasteiger partial charge is 0.322 e. The minimum absolute atomic E-state index is 0.0000847. The predicted octanol–water partition coefficient (Wildman–Crippen LogP) is 2.63. The van der Waals surface area contributed by atoms with E-state index in [9.17, 15) is 14.4 Å². The number of benzene rings is 1. The van der Waals surface area contributed by atoms with Crippen LogP contribution in [0, 0.1) is 0 Å². The molecule has 166 valence electrons. The molecular weight excluding hydrogens is 398 g/mol. The van der Waals surface area contributed by atoms with E-state index in [4.69, 9.17) is 9.47 Å². The van der Waals surface area contributed by atoms with Crippen molar-refractivity contribution in [1.29, 1.82) is 0 Å². The monoisotopic (exact) mass is 427 g/mol. The molecule has 31 heavy (non-hydrogen) atoms. The molecule has 0 saturated carbocycles. The molecule has 0 unspecified atom stereocenters. The topological polar surface area (TPSA) is 97.0 Å². The van der Waals surface area contributed by atoms with Crippen LogP contribution in [0.15, 0.2) is 60.4 Å². The predicted molar refractivity (Wildman–Crippen MR) is 117 cm³/mol. The Morgan fingerprint density at radius 2 is 1.90 bits per heavy atom. The molecule has 4 amide bonds. The van der Waals surface area contributed by atoms with Crippen LogP contribution in [-0.4, -0.2) is 49.6 Å². The Kier molecular flexibility index (Phi) is 8.01. The third-order valence-corrected chi connectivity index (χ3v) is 4.66. The Morgan fingerprint density at radius 3 is 2.39 bits per heavy atom. The largest absolute Gasteiger partial charge is 0.497 e. The standard InChI is InChI=1S/C23H29N3O5/c1-6-19(30-5)10-7-17(4)13-26(15-27)14-23(21(28)24-22(29)25-23)18-8-11-20(12-9-18)31-16(2)3/h6-12,15-16H,4,13-14H2,1-3,5H3,(H2,24,25,28,29)/b10-7-,19-6+/t23-/m0/s1. The van der Waals surface area contributed by atoms with Crippen LogP contribution < -0.4 is 15.4 Å². The van der Waals surface area contributed by atoms with Crippen molar-refractivity contribution in [3.05, 3.63) is 66.0 Å². The Hall–Kier alpha value is -3.55. The number of nitrogens with one attached hydrogen (secondary N) is 2. The van der Waals surface area contributed by atoms with Gasteiger partial charge >= 0.3 is 6.03 Å². The van der Waals surface area contributed by atoms with E-state index in [2.05, 4.69) is 17.2 Å². The molecule has 1 atom stereocenters. The minimum Gasteiger partial charge on any atom is -0.497 e. The molecule has 0 aromatic heterocycles. The van der Waals surface area contributed by atoms with Gasteiger partial charge in [-0.1, -0.05) is 24.8 Å². The lowest BCUT2D eigenvalue weighted by atomic mass is 9.89. The van der Waals surface area contributed by atoms with Crippen molar-refractivity contribution < 1.29 is 23.9 Å². The number of imide groups is 1. The van der Waals surface area contributed by atoms with Gasteiger partial charge in [0.2, 0.25) is 6.41 Å². The SMILES string of the molecule is C=C(/C=C\C(=C/C)OC)CN(C=O)C[C@@]1(c2ccc(OC(C)C)cc2)NC(=O)NC1=O. The fourth-order valence-electron chi connectivity index (χ4n) is 3.22. The first kappa shape index (κ1) is 23.7. The first-order valence-corrected chi connectivity index (χ1v) is 9.90. The molecule has 0 radical (unpaired) electrons. The summed E-state index contributed by atoms with van der Waals surface area (Å²) in [6, 6.07) is 6.25.